The van der Waals surface area contributed by atoms with Crippen molar-refractivity contribution in [2.45, 2.75) is 25.5 Å². The Labute approximate surface area is 143 Å². The molecule has 0 atom stereocenters. The number of nitrogens with zero attached hydrogens (tertiary/aromatic N) is 1. The van der Waals surface area contributed by atoms with E-state index in [-0.39, 0.29) is 13.4 Å². The number of nitrogens with one attached hydrogen (secondary N) is 1. The summed E-state index contributed by atoms with van der Waals surface area (Å²) in [7, 11) is 0. The van der Waals surface area contributed by atoms with Crippen LogP contribution in [-0.4, -0.2) is 23.8 Å². The fourth-order valence-corrected chi connectivity index (χ4v) is 2.66. The van der Waals surface area contributed by atoms with Crippen LogP contribution in [0.25, 0.3) is 0 Å². The number of carbonyl (C=O) groups is 1. The second kappa shape index (κ2) is 6.20. The van der Waals surface area contributed by atoms with E-state index in [1.54, 1.807) is 24.3 Å². The van der Waals surface area contributed by atoms with Crippen LogP contribution < -0.4 is 14.8 Å². The number of esters is 1. The average Bonchev–Trinajstić information content (AvgIpc) is 3.26. The van der Waals surface area contributed by atoms with E-state index in [1.807, 2.05) is 0 Å². The number of fused-ring (bicyclic) bond motifs is 1. The van der Waals surface area contributed by atoms with E-state index in [1.165, 1.54) is 19.0 Å². The minimum absolute atomic E-state index is 0.0945. The number of aromatic nitrogens is 1. The Hall–Kier alpha value is -2.47. The first-order valence-corrected chi connectivity index (χ1v) is 8.04. The number of halogens is 1. The molecule has 2 aliphatic rings. The molecular formula is C17H15ClN2O4. The Morgan fingerprint density at radius 2 is 2.21 bits per heavy atom. The number of benzene rings is 1. The molecule has 1 aromatic carbocycles. The standard InChI is InChI=1S/C17H15ClN2O4/c18-13-5-10(6-14-16(13)24-9-23-14)8-22-17(21)11-1-4-15(19-7-11)20-12-2-3-12/h1,4-7,12H,2-3,8-9H2,(H,19,20). The number of rotatable bonds is 5. The zero-order chi connectivity index (χ0) is 16.5. The zero-order valence-corrected chi connectivity index (χ0v) is 13.5. The van der Waals surface area contributed by atoms with Gasteiger partial charge in [0.2, 0.25) is 6.79 Å². The zero-order valence-electron chi connectivity index (χ0n) is 12.8. The highest BCUT2D eigenvalue weighted by molar-refractivity contribution is 6.32. The maximum absolute atomic E-state index is 12.1. The Morgan fingerprint density at radius 1 is 1.33 bits per heavy atom. The van der Waals surface area contributed by atoms with Gasteiger partial charge in [0.05, 0.1) is 10.6 Å². The summed E-state index contributed by atoms with van der Waals surface area (Å²) in [6.45, 7) is 0.239. The minimum Gasteiger partial charge on any atom is -0.457 e. The molecular weight excluding hydrogens is 332 g/mol. The van der Waals surface area contributed by atoms with Gasteiger partial charge in [-0.15, -0.1) is 0 Å². The minimum atomic E-state index is -0.436. The summed E-state index contributed by atoms with van der Waals surface area (Å²) in [6.07, 6.45) is 3.85. The van der Waals surface area contributed by atoms with E-state index in [4.69, 9.17) is 25.8 Å². The maximum Gasteiger partial charge on any atom is 0.340 e. The molecule has 2 heterocycles. The molecule has 0 unspecified atom stereocenters. The number of anilines is 1. The third kappa shape index (κ3) is 3.23. The first-order chi connectivity index (χ1) is 11.7. The lowest BCUT2D eigenvalue weighted by molar-refractivity contribution is 0.0472. The van der Waals surface area contributed by atoms with Crippen LogP contribution in [0.5, 0.6) is 11.5 Å². The molecule has 2 aromatic rings. The number of pyridine rings is 1. The SMILES string of the molecule is O=C(OCc1cc(Cl)c2c(c1)OCO2)c1ccc(NC2CC2)nc1. The first-order valence-electron chi connectivity index (χ1n) is 7.67. The van der Waals surface area contributed by atoms with Crippen molar-refractivity contribution in [1.29, 1.82) is 0 Å². The number of carbonyl (C=O) groups excluding carboxylic acids is 1. The average molecular weight is 347 g/mol. The van der Waals surface area contributed by atoms with Gasteiger partial charge >= 0.3 is 5.97 Å². The van der Waals surface area contributed by atoms with E-state index in [0.717, 1.165) is 11.4 Å². The molecule has 1 N–H and O–H groups in total. The van der Waals surface area contributed by atoms with E-state index in [0.29, 0.717) is 28.1 Å². The second-order valence-corrected chi connectivity index (χ2v) is 6.15. The monoisotopic (exact) mass is 346 g/mol. The number of hydrogen-bond acceptors (Lipinski definition) is 6. The number of hydrogen-bond donors (Lipinski definition) is 1. The van der Waals surface area contributed by atoms with Crippen molar-refractivity contribution in [3.63, 3.8) is 0 Å². The van der Waals surface area contributed by atoms with Gasteiger partial charge in [-0.3, -0.25) is 0 Å². The smallest absolute Gasteiger partial charge is 0.340 e. The summed E-state index contributed by atoms with van der Waals surface area (Å²) >= 11 is 6.11. The Kier molecular flexibility index (Phi) is 3.90. The lowest BCUT2D eigenvalue weighted by atomic mass is 10.2. The molecule has 4 rings (SSSR count). The summed E-state index contributed by atoms with van der Waals surface area (Å²) in [4.78, 5) is 16.3. The highest BCUT2D eigenvalue weighted by atomic mass is 35.5. The van der Waals surface area contributed by atoms with Gasteiger partial charge in [0.25, 0.3) is 0 Å². The van der Waals surface area contributed by atoms with Crippen molar-refractivity contribution < 1.29 is 19.0 Å². The van der Waals surface area contributed by atoms with Gasteiger partial charge in [0.15, 0.2) is 11.5 Å². The molecule has 24 heavy (non-hydrogen) atoms. The first kappa shape index (κ1) is 15.1. The fraction of sp³-hybridized carbons (Fsp3) is 0.294. The summed E-state index contributed by atoms with van der Waals surface area (Å²) in [6, 6.07) is 7.45. The van der Waals surface area contributed by atoms with Crippen LogP contribution in [0.3, 0.4) is 0 Å². The van der Waals surface area contributed by atoms with Gasteiger partial charge in [-0.2, -0.15) is 0 Å². The van der Waals surface area contributed by atoms with Gasteiger partial charge in [-0.05, 0) is 42.7 Å². The van der Waals surface area contributed by atoms with Crippen LogP contribution in [-0.2, 0) is 11.3 Å². The second-order valence-electron chi connectivity index (χ2n) is 5.74. The quantitative estimate of drug-likeness (QED) is 0.837. The van der Waals surface area contributed by atoms with E-state index in [2.05, 4.69) is 10.3 Å². The third-order valence-electron chi connectivity index (χ3n) is 3.79. The highest BCUT2D eigenvalue weighted by Gasteiger charge is 2.21. The molecule has 7 heteroatoms. The van der Waals surface area contributed by atoms with Gasteiger partial charge in [-0.1, -0.05) is 11.6 Å². The molecule has 1 aliphatic heterocycles. The van der Waals surface area contributed by atoms with Crippen LogP contribution in [0.2, 0.25) is 5.02 Å². The van der Waals surface area contributed by atoms with Crippen molar-refractivity contribution in [1.82, 2.24) is 4.98 Å². The van der Waals surface area contributed by atoms with Crippen molar-refractivity contribution in [3.05, 3.63) is 46.6 Å². The van der Waals surface area contributed by atoms with Gasteiger partial charge in [0.1, 0.15) is 12.4 Å². The largest absolute Gasteiger partial charge is 0.457 e. The summed E-state index contributed by atoms with van der Waals surface area (Å²) in [5.41, 5.74) is 1.14. The Bertz CT molecular complexity index is 775. The predicted octanol–water partition coefficient (Wildman–Crippen LogP) is 3.40. The molecule has 6 nitrogen and oxygen atoms in total. The molecule has 1 saturated carbocycles. The van der Waals surface area contributed by atoms with E-state index < -0.39 is 5.97 Å². The molecule has 1 aromatic heterocycles. The molecule has 1 fully saturated rings. The lowest BCUT2D eigenvalue weighted by Crippen LogP contribution is -2.07. The van der Waals surface area contributed by atoms with Crippen LogP contribution in [0.4, 0.5) is 5.82 Å². The molecule has 0 spiro atoms. The molecule has 0 radical (unpaired) electrons. The summed E-state index contributed by atoms with van der Waals surface area (Å²) < 4.78 is 15.9. The van der Waals surface area contributed by atoms with Crippen LogP contribution in [0, 0.1) is 0 Å². The predicted molar refractivity (Wildman–Crippen MR) is 87.6 cm³/mol. The van der Waals surface area contributed by atoms with Crippen molar-refractivity contribution in [2.75, 3.05) is 12.1 Å². The number of ether oxygens (including phenoxy) is 3. The van der Waals surface area contributed by atoms with Gasteiger partial charge in [-0.25, -0.2) is 9.78 Å². The van der Waals surface area contributed by atoms with Gasteiger partial charge in [0, 0.05) is 12.2 Å². The maximum atomic E-state index is 12.1. The fourth-order valence-electron chi connectivity index (χ4n) is 2.37. The highest BCUT2D eigenvalue weighted by Crippen LogP contribution is 2.39. The van der Waals surface area contributed by atoms with Crippen molar-refractivity contribution >= 4 is 23.4 Å². The van der Waals surface area contributed by atoms with Crippen molar-refractivity contribution in [3.8, 4) is 11.5 Å². The molecule has 1 aliphatic carbocycles. The normalized spacial score (nSPS) is 15.2. The van der Waals surface area contributed by atoms with E-state index in [9.17, 15) is 4.79 Å². The molecule has 0 bridgehead atoms. The summed E-state index contributed by atoms with van der Waals surface area (Å²) in [5.74, 6) is 1.42. The van der Waals surface area contributed by atoms with Crippen LogP contribution in [0.1, 0.15) is 28.8 Å². The lowest BCUT2D eigenvalue weighted by Gasteiger charge is -2.08. The Balaban J connectivity index is 1.38. The molecule has 0 amide bonds. The van der Waals surface area contributed by atoms with Gasteiger partial charge < -0.3 is 19.5 Å². The van der Waals surface area contributed by atoms with Crippen LogP contribution in [0.15, 0.2) is 30.5 Å². The third-order valence-corrected chi connectivity index (χ3v) is 4.07. The Morgan fingerprint density at radius 3 is 2.96 bits per heavy atom. The van der Waals surface area contributed by atoms with Crippen molar-refractivity contribution in [2.24, 2.45) is 0 Å². The van der Waals surface area contributed by atoms with E-state index >= 15 is 0 Å². The molecule has 124 valence electrons. The summed E-state index contributed by atoms with van der Waals surface area (Å²) in [5, 5.41) is 3.70. The topological polar surface area (TPSA) is 69.7 Å². The van der Waals surface area contributed by atoms with Crippen LogP contribution >= 0.6 is 11.6 Å². The molecule has 0 saturated heterocycles.